The van der Waals surface area contributed by atoms with Gasteiger partial charge in [0.25, 0.3) is 5.91 Å². The standard InChI is InChI=1S/C24H22FN3OS/c25-19-8-4-5-9-20(19)26-11-13-27(14-12-26)24(29)22-16-23-21(10-15-30-23)28(22)17-18-6-2-1-3-7-18/h1-10,15-16H,11-14,17H2. The fourth-order valence-electron chi connectivity index (χ4n) is 4.11. The van der Waals surface area contributed by atoms with Crippen LogP contribution in [0.5, 0.6) is 0 Å². The first-order valence-electron chi connectivity index (χ1n) is 10.1. The van der Waals surface area contributed by atoms with Crippen LogP contribution in [0.1, 0.15) is 16.1 Å². The van der Waals surface area contributed by atoms with Crippen LogP contribution >= 0.6 is 11.3 Å². The van der Waals surface area contributed by atoms with Crippen molar-refractivity contribution in [2.45, 2.75) is 6.54 Å². The second-order valence-corrected chi connectivity index (χ2v) is 8.45. The van der Waals surface area contributed by atoms with Gasteiger partial charge < -0.3 is 14.4 Å². The highest BCUT2D eigenvalue weighted by Crippen LogP contribution is 2.28. The Morgan fingerprint density at radius 2 is 1.67 bits per heavy atom. The number of anilines is 1. The minimum Gasteiger partial charge on any atom is -0.366 e. The molecule has 0 bridgehead atoms. The van der Waals surface area contributed by atoms with Crippen LogP contribution in [-0.4, -0.2) is 41.6 Å². The number of para-hydroxylation sites is 1. The lowest BCUT2D eigenvalue weighted by molar-refractivity contribution is 0.0737. The lowest BCUT2D eigenvalue weighted by Crippen LogP contribution is -2.49. The Morgan fingerprint density at radius 3 is 2.43 bits per heavy atom. The number of halogens is 1. The molecule has 5 rings (SSSR count). The summed E-state index contributed by atoms with van der Waals surface area (Å²) in [6, 6.07) is 21.1. The zero-order valence-corrected chi connectivity index (χ0v) is 17.3. The molecule has 1 amide bonds. The molecule has 2 aromatic carbocycles. The third-order valence-corrected chi connectivity index (χ3v) is 6.54. The molecule has 0 radical (unpaired) electrons. The third-order valence-electron chi connectivity index (χ3n) is 5.69. The highest BCUT2D eigenvalue weighted by atomic mass is 32.1. The maximum Gasteiger partial charge on any atom is 0.270 e. The van der Waals surface area contributed by atoms with Gasteiger partial charge in [-0.3, -0.25) is 4.79 Å². The van der Waals surface area contributed by atoms with Crippen molar-refractivity contribution in [2.75, 3.05) is 31.1 Å². The average Bonchev–Trinajstić information content (AvgIpc) is 3.37. The van der Waals surface area contributed by atoms with E-state index in [1.807, 2.05) is 40.1 Å². The van der Waals surface area contributed by atoms with Gasteiger partial charge in [0.1, 0.15) is 11.5 Å². The number of hydrogen-bond donors (Lipinski definition) is 0. The average molecular weight is 420 g/mol. The summed E-state index contributed by atoms with van der Waals surface area (Å²) in [6.07, 6.45) is 0. The van der Waals surface area contributed by atoms with Gasteiger partial charge in [-0.05, 0) is 35.2 Å². The molecule has 0 atom stereocenters. The number of benzene rings is 2. The summed E-state index contributed by atoms with van der Waals surface area (Å²) in [5.74, 6) is -0.170. The van der Waals surface area contributed by atoms with Gasteiger partial charge in [-0.15, -0.1) is 11.3 Å². The minimum atomic E-state index is -0.214. The molecule has 4 nitrogen and oxygen atoms in total. The molecule has 0 unspecified atom stereocenters. The van der Waals surface area contributed by atoms with E-state index in [1.165, 1.54) is 11.6 Å². The third kappa shape index (κ3) is 3.48. The number of hydrogen-bond acceptors (Lipinski definition) is 3. The van der Waals surface area contributed by atoms with Crippen LogP contribution in [0.25, 0.3) is 10.2 Å². The van der Waals surface area contributed by atoms with Crippen molar-refractivity contribution in [1.29, 1.82) is 0 Å². The van der Waals surface area contributed by atoms with Crippen molar-refractivity contribution >= 4 is 33.1 Å². The van der Waals surface area contributed by atoms with Crippen LogP contribution < -0.4 is 4.90 Å². The highest BCUT2D eigenvalue weighted by Gasteiger charge is 2.26. The van der Waals surface area contributed by atoms with E-state index >= 15 is 0 Å². The van der Waals surface area contributed by atoms with Crippen molar-refractivity contribution in [3.8, 4) is 0 Å². The maximum absolute atomic E-state index is 14.1. The maximum atomic E-state index is 14.1. The molecule has 1 saturated heterocycles. The first-order chi connectivity index (χ1) is 14.7. The molecule has 1 aliphatic heterocycles. The van der Waals surface area contributed by atoms with Crippen LogP contribution in [-0.2, 0) is 6.54 Å². The number of piperazine rings is 1. The lowest BCUT2D eigenvalue weighted by atomic mass is 10.2. The Morgan fingerprint density at radius 1 is 0.933 bits per heavy atom. The number of amides is 1. The number of carbonyl (C=O) groups excluding carboxylic acids is 1. The molecule has 30 heavy (non-hydrogen) atoms. The summed E-state index contributed by atoms with van der Waals surface area (Å²) in [4.78, 5) is 17.3. The molecule has 0 N–H and O–H groups in total. The van der Waals surface area contributed by atoms with Gasteiger partial charge in [-0.1, -0.05) is 42.5 Å². The topological polar surface area (TPSA) is 28.5 Å². The number of fused-ring (bicyclic) bond motifs is 1. The van der Waals surface area contributed by atoms with E-state index in [2.05, 4.69) is 28.1 Å². The molecular formula is C24H22FN3OS. The van der Waals surface area contributed by atoms with E-state index in [0.29, 0.717) is 38.4 Å². The van der Waals surface area contributed by atoms with Crippen molar-refractivity contribution in [1.82, 2.24) is 9.47 Å². The summed E-state index contributed by atoms with van der Waals surface area (Å²) < 4.78 is 17.4. The van der Waals surface area contributed by atoms with Crippen LogP contribution in [0.15, 0.2) is 72.1 Å². The fourth-order valence-corrected chi connectivity index (χ4v) is 4.93. The molecule has 0 saturated carbocycles. The van der Waals surface area contributed by atoms with Crippen LogP contribution in [0.3, 0.4) is 0 Å². The van der Waals surface area contributed by atoms with Gasteiger partial charge in [0.2, 0.25) is 0 Å². The summed E-state index contributed by atoms with van der Waals surface area (Å²) in [5.41, 5.74) is 3.59. The Bertz CT molecular complexity index is 1180. The predicted molar refractivity (Wildman–Crippen MR) is 120 cm³/mol. The molecule has 1 fully saturated rings. The molecule has 0 spiro atoms. The first kappa shape index (κ1) is 18.9. The summed E-state index contributed by atoms with van der Waals surface area (Å²) in [7, 11) is 0. The quantitative estimate of drug-likeness (QED) is 0.473. The van der Waals surface area contributed by atoms with E-state index < -0.39 is 0 Å². The van der Waals surface area contributed by atoms with Crippen molar-refractivity contribution in [2.24, 2.45) is 0 Å². The normalized spacial score (nSPS) is 14.4. The second-order valence-electron chi connectivity index (χ2n) is 7.50. The summed E-state index contributed by atoms with van der Waals surface area (Å²) >= 11 is 1.65. The van der Waals surface area contributed by atoms with E-state index in [-0.39, 0.29) is 11.7 Å². The molecule has 1 aliphatic rings. The molecule has 152 valence electrons. The Kier molecular flexibility index (Phi) is 5.01. The molecule has 6 heteroatoms. The number of thiophene rings is 1. The Balaban J connectivity index is 1.37. The zero-order chi connectivity index (χ0) is 20.5. The highest BCUT2D eigenvalue weighted by molar-refractivity contribution is 7.17. The number of nitrogens with zero attached hydrogens (tertiary/aromatic N) is 3. The van der Waals surface area contributed by atoms with E-state index in [4.69, 9.17) is 0 Å². The van der Waals surface area contributed by atoms with Gasteiger partial charge in [-0.2, -0.15) is 0 Å². The monoisotopic (exact) mass is 419 g/mol. The van der Waals surface area contributed by atoms with Gasteiger partial charge in [0.05, 0.1) is 15.9 Å². The lowest BCUT2D eigenvalue weighted by Gasteiger charge is -2.36. The number of aromatic nitrogens is 1. The van der Waals surface area contributed by atoms with E-state index in [9.17, 15) is 9.18 Å². The smallest absolute Gasteiger partial charge is 0.270 e. The molecule has 4 aromatic rings. The minimum absolute atomic E-state index is 0.0440. The zero-order valence-electron chi connectivity index (χ0n) is 16.5. The van der Waals surface area contributed by atoms with Gasteiger partial charge in [0, 0.05) is 32.7 Å². The second kappa shape index (κ2) is 7.95. The van der Waals surface area contributed by atoms with Gasteiger partial charge in [-0.25, -0.2) is 4.39 Å². The number of carbonyl (C=O) groups is 1. The SMILES string of the molecule is O=C(c1cc2sccc2n1Cc1ccccc1)N1CCN(c2ccccc2F)CC1. The largest absolute Gasteiger partial charge is 0.366 e. The van der Waals surface area contributed by atoms with Crippen LogP contribution in [0.4, 0.5) is 10.1 Å². The Labute approximate surface area is 178 Å². The van der Waals surface area contributed by atoms with Crippen molar-refractivity contribution in [3.05, 3.63) is 89.2 Å². The van der Waals surface area contributed by atoms with Gasteiger partial charge in [0.15, 0.2) is 0 Å². The van der Waals surface area contributed by atoms with Crippen molar-refractivity contribution < 1.29 is 9.18 Å². The molecule has 2 aromatic heterocycles. The van der Waals surface area contributed by atoms with Gasteiger partial charge >= 0.3 is 0 Å². The first-order valence-corrected chi connectivity index (χ1v) is 11.0. The predicted octanol–water partition coefficient (Wildman–Crippen LogP) is 4.85. The number of rotatable bonds is 4. The molecule has 0 aliphatic carbocycles. The fraction of sp³-hybridized carbons (Fsp3) is 0.208. The Hall–Kier alpha value is -3.12. The molecular weight excluding hydrogens is 397 g/mol. The van der Waals surface area contributed by atoms with E-state index in [1.54, 1.807) is 23.5 Å². The summed E-state index contributed by atoms with van der Waals surface area (Å²) in [6.45, 7) is 3.08. The van der Waals surface area contributed by atoms with E-state index in [0.717, 1.165) is 15.9 Å². The van der Waals surface area contributed by atoms with Crippen LogP contribution in [0, 0.1) is 5.82 Å². The van der Waals surface area contributed by atoms with Crippen molar-refractivity contribution in [3.63, 3.8) is 0 Å². The summed E-state index contributed by atoms with van der Waals surface area (Å²) in [5, 5.41) is 2.06. The molecule has 3 heterocycles. The van der Waals surface area contributed by atoms with Crippen LogP contribution in [0.2, 0.25) is 0 Å².